The van der Waals surface area contributed by atoms with Crippen molar-refractivity contribution in [3.8, 4) is 17.2 Å². The van der Waals surface area contributed by atoms with Crippen LogP contribution in [-0.2, 0) is 17.5 Å². The molecule has 1 spiro atoms. The number of fused-ring (bicyclic) bond motifs is 1. The number of carbonyl (C=O) groups is 2. The summed E-state index contributed by atoms with van der Waals surface area (Å²) in [4.78, 5) is 32.1. The number of pyridine rings is 1. The molecular formula is C28H21F4N3O3. The number of nitrogens with zero attached hydrogens (tertiary/aromatic N) is 3. The highest BCUT2D eigenvalue weighted by molar-refractivity contribution is 6.01. The summed E-state index contributed by atoms with van der Waals surface area (Å²) in [5, 5.41) is 19.9. The van der Waals surface area contributed by atoms with Gasteiger partial charge in [0, 0.05) is 23.9 Å². The molecule has 1 atom stereocenters. The second-order valence-corrected chi connectivity index (χ2v) is 9.60. The Morgan fingerprint density at radius 2 is 1.87 bits per heavy atom. The van der Waals surface area contributed by atoms with E-state index in [2.05, 4.69) is 4.98 Å². The third kappa shape index (κ3) is 4.08. The minimum Gasteiger partial charge on any atom is -0.481 e. The monoisotopic (exact) mass is 523 g/mol. The first-order chi connectivity index (χ1) is 18.1. The van der Waals surface area contributed by atoms with E-state index in [1.54, 1.807) is 24.3 Å². The van der Waals surface area contributed by atoms with Gasteiger partial charge in [-0.15, -0.1) is 0 Å². The smallest absolute Gasteiger partial charge is 0.419 e. The van der Waals surface area contributed by atoms with Crippen molar-refractivity contribution in [2.24, 2.45) is 0 Å². The topological polar surface area (TPSA) is 94.3 Å². The Morgan fingerprint density at radius 1 is 1.13 bits per heavy atom. The fourth-order valence-corrected chi connectivity index (χ4v) is 5.89. The minimum atomic E-state index is -4.86. The molecule has 3 aromatic rings. The number of aliphatic carboxylic acids is 1. The van der Waals surface area contributed by atoms with Gasteiger partial charge < -0.3 is 10.0 Å². The van der Waals surface area contributed by atoms with Gasteiger partial charge in [0.25, 0.3) is 5.91 Å². The average Bonchev–Trinajstić information content (AvgIpc) is 3.35. The Balaban J connectivity index is 1.63. The zero-order chi connectivity index (χ0) is 27.2. The Hall–Kier alpha value is -4.26. The van der Waals surface area contributed by atoms with Crippen LogP contribution >= 0.6 is 0 Å². The van der Waals surface area contributed by atoms with E-state index < -0.39 is 40.9 Å². The summed E-state index contributed by atoms with van der Waals surface area (Å²) in [6.07, 6.45) is -1.32. The summed E-state index contributed by atoms with van der Waals surface area (Å²) >= 11 is 0. The number of rotatable bonds is 4. The lowest BCUT2D eigenvalue weighted by Crippen LogP contribution is -2.58. The summed E-state index contributed by atoms with van der Waals surface area (Å²) in [5.41, 5.74) is -0.762. The predicted octanol–water partition coefficient (Wildman–Crippen LogP) is 5.92. The first-order valence-electron chi connectivity index (χ1n) is 12.0. The van der Waals surface area contributed by atoms with Crippen molar-refractivity contribution < 1.29 is 32.3 Å². The molecule has 1 unspecified atom stereocenters. The molecule has 1 N–H and O–H groups in total. The highest BCUT2D eigenvalue weighted by Gasteiger charge is 2.56. The van der Waals surface area contributed by atoms with Crippen molar-refractivity contribution in [2.45, 2.75) is 49.9 Å². The molecule has 38 heavy (non-hydrogen) atoms. The predicted molar refractivity (Wildman–Crippen MR) is 127 cm³/mol. The van der Waals surface area contributed by atoms with Crippen molar-refractivity contribution in [1.29, 1.82) is 5.26 Å². The fraction of sp³-hybridized carbons (Fsp3) is 0.286. The van der Waals surface area contributed by atoms with Crippen molar-refractivity contribution in [3.63, 3.8) is 0 Å². The summed E-state index contributed by atoms with van der Waals surface area (Å²) in [6.45, 7) is -0.236. The maximum Gasteiger partial charge on any atom is 0.419 e. The van der Waals surface area contributed by atoms with E-state index in [1.807, 2.05) is 6.07 Å². The summed E-state index contributed by atoms with van der Waals surface area (Å²) < 4.78 is 53.5. The quantitative estimate of drug-likeness (QED) is 0.429. The highest BCUT2D eigenvalue weighted by atomic mass is 19.4. The van der Waals surface area contributed by atoms with Crippen molar-refractivity contribution in [1.82, 2.24) is 9.88 Å². The molecule has 5 rings (SSSR count). The van der Waals surface area contributed by atoms with E-state index in [0.717, 1.165) is 12.1 Å². The van der Waals surface area contributed by atoms with Crippen LogP contribution in [0.4, 0.5) is 17.6 Å². The van der Waals surface area contributed by atoms with Crippen LogP contribution in [-0.4, -0.2) is 32.4 Å². The maximum absolute atomic E-state index is 14.3. The van der Waals surface area contributed by atoms with E-state index in [4.69, 9.17) is 0 Å². The number of alkyl halides is 3. The largest absolute Gasteiger partial charge is 0.481 e. The van der Waals surface area contributed by atoms with Crippen LogP contribution in [0.15, 0.2) is 54.7 Å². The van der Waals surface area contributed by atoms with Gasteiger partial charge in [0.15, 0.2) is 0 Å². The minimum absolute atomic E-state index is 0.133. The van der Waals surface area contributed by atoms with Gasteiger partial charge in [-0.2, -0.15) is 18.4 Å². The molecule has 2 aromatic carbocycles. The van der Waals surface area contributed by atoms with E-state index in [9.17, 15) is 37.5 Å². The third-order valence-corrected chi connectivity index (χ3v) is 7.53. The van der Waals surface area contributed by atoms with Crippen molar-refractivity contribution in [2.75, 3.05) is 0 Å². The molecule has 194 valence electrons. The van der Waals surface area contributed by atoms with Crippen LogP contribution in [0.1, 0.15) is 64.3 Å². The Kier molecular flexibility index (Phi) is 6.18. The zero-order valence-corrected chi connectivity index (χ0v) is 19.9. The summed E-state index contributed by atoms with van der Waals surface area (Å²) in [7, 11) is 0. The van der Waals surface area contributed by atoms with Crippen LogP contribution in [0, 0.1) is 17.1 Å². The lowest BCUT2D eigenvalue weighted by Gasteiger charge is -2.49. The standard InChI is InChI=1S/C28H21F4N3O3/c29-22-12-16(5-8-21(22)28(30,31)32)15-35-25(36)19-7-6-17(18-4-3-11-34-23(18)14-33)13-20(19)24(26(37)38)27(35)9-1-2-10-27/h3-8,11-13,24H,1-2,9-10,15H2,(H,37,38). The molecule has 0 radical (unpaired) electrons. The molecule has 1 aromatic heterocycles. The van der Waals surface area contributed by atoms with E-state index in [1.165, 1.54) is 17.2 Å². The number of hydrogen-bond donors (Lipinski definition) is 1. The molecule has 1 amide bonds. The Labute approximate surface area is 215 Å². The first kappa shape index (κ1) is 25.4. The number of carboxylic acid groups (broad SMARTS) is 1. The number of carboxylic acids is 1. The normalized spacial score (nSPS) is 18.3. The molecule has 1 fully saturated rings. The van der Waals surface area contributed by atoms with Crippen LogP contribution in [0.25, 0.3) is 11.1 Å². The van der Waals surface area contributed by atoms with Gasteiger partial charge in [-0.3, -0.25) is 9.59 Å². The number of nitriles is 1. The molecule has 2 heterocycles. The number of amides is 1. The molecule has 1 aliphatic heterocycles. The van der Waals surface area contributed by atoms with Gasteiger partial charge >= 0.3 is 12.1 Å². The van der Waals surface area contributed by atoms with E-state index in [0.29, 0.717) is 48.4 Å². The van der Waals surface area contributed by atoms with Gasteiger partial charge in [0.2, 0.25) is 0 Å². The maximum atomic E-state index is 14.3. The van der Waals surface area contributed by atoms with E-state index >= 15 is 0 Å². The summed E-state index contributed by atoms with van der Waals surface area (Å²) in [6, 6.07) is 12.6. The molecule has 6 nitrogen and oxygen atoms in total. The third-order valence-electron chi connectivity index (χ3n) is 7.53. The van der Waals surface area contributed by atoms with Crippen LogP contribution in [0.3, 0.4) is 0 Å². The average molecular weight is 523 g/mol. The number of halogens is 4. The van der Waals surface area contributed by atoms with Crippen LogP contribution in [0.2, 0.25) is 0 Å². The SMILES string of the molecule is N#Cc1ncccc1-c1ccc2c(c1)C(C(=O)O)C1(CCCC1)N(Cc1ccc(C(F)(F)F)c(F)c1)C2=O. The lowest BCUT2D eigenvalue weighted by molar-refractivity contribution is -0.143. The fourth-order valence-electron chi connectivity index (χ4n) is 5.89. The molecular weight excluding hydrogens is 502 g/mol. The molecule has 10 heteroatoms. The van der Waals surface area contributed by atoms with Gasteiger partial charge in [0.1, 0.15) is 23.5 Å². The highest BCUT2D eigenvalue weighted by Crippen LogP contribution is 2.51. The number of aromatic nitrogens is 1. The molecule has 1 saturated carbocycles. The van der Waals surface area contributed by atoms with Gasteiger partial charge in [-0.1, -0.05) is 25.0 Å². The van der Waals surface area contributed by atoms with Crippen LogP contribution in [0.5, 0.6) is 0 Å². The second-order valence-electron chi connectivity index (χ2n) is 9.60. The van der Waals surface area contributed by atoms with E-state index in [-0.39, 0.29) is 23.4 Å². The first-order valence-corrected chi connectivity index (χ1v) is 12.0. The summed E-state index contributed by atoms with van der Waals surface area (Å²) in [5.74, 6) is -4.20. The molecule has 0 saturated heterocycles. The zero-order valence-electron chi connectivity index (χ0n) is 19.9. The van der Waals surface area contributed by atoms with Crippen molar-refractivity contribution in [3.05, 3.63) is 88.5 Å². The van der Waals surface area contributed by atoms with Crippen LogP contribution < -0.4 is 0 Å². The number of benzene rings is 2. The Morgan fingerprint density at radius 3 is 2.50 bits per heavy atom. The molecule has 2 aliphatic rings. The second kappa shape index (κ2) is 9.24. The molecule has 0 bridgehead atoms. The van der Waals surface area contributed by atoms with Gasteiger partial charge in [0.05, 0.1) is 11.1 Å². The van der Waals surface area contributed by atoms with Gasteiger partial charge in [-0.05, 0) is 65.9 Å². The lowest BCUT2D eigenvalue weighted by atomic mass is 9.71. The Bertz CT molecular complexity index is 1490. The number of carbonyl (C=O) groups excluding carboxylic acids is 1. The molecule has 1 aliphatic carbocycles. The van der Waals surface area contributed by atoms with Crippen molar-refractivity contribution >= 4 is 11.9 Å². The van der Waals surface area contributed by atoms with Gasteiger partial charge in [-0.25, -0.2) is 9.37 Å². The number of hydrogen-bond acceptors (Lipinski definition) is 4.